The maximum Gasteiger partial charge on any atom is 0.263 e. The first kappa shape index (κ1) is 20.8. The van der Waals surface area contributed by atoms with E-state index in [4.69, 9.17) is 0 Å². The molecule has 29 heavy (non-hydrogen) atoms. The van der Waals surface area contributed by atoms with Crippen LogP contribution >= 0.6 is 11.3 Å². The van der Waals surface area contributed by atoms with Crippen molar-refractivity contribution in [1.29, 1.82) is 0 Å². The van der Waals surface area contributed by atoms with Crippen LogP contribution in [0.25, 0.3) is 0 Å². The third-order valence-corrected chi connectivity index (χ3v) is 5.59. The number of hydrogen-bond donors (Lipinski definition) is 3. The third-order valence-electron chi connectivity index (χ3n) is 4.66. The van der Waals surface area contributed by atoms with Crippen molar-refractivity contribution in [1.82, 2.24) is 20.9 Å². The SMILES string of the molecule is CN=C(NCCNC(=O)c1scnc1C)NCc1ccc(N2CCCC2=O)cc1. The summed E-state index contributed by atoms with van der Waals surface area (Å²) in [5.41, 5.74) is 4.46. The van der Waals surface area contributed by atoms with Gasteiger partial charge in [0.05, 0.1) is 11.2 Å². The highest BCUT2D eigenvalue weighted by molar-refractivity contribution is 7.11. The summed E-state index contributed by atoms with van der Waals surface area (Å²) in [6, 6.07) is 7.98. The van der Waals surface area contributed by atoms with Crippen molar-refractivity contribution in [2.75, 3.05) is 31.6 Å². The van der Waals surface area contributed by atoms with Crippen LogP contribution in [-0.2, 0) is 11.3 Å². The molecule has 2 heterocycles. The molecular formula is C20H26N6O2S. The van der Waals surface area contributed by atoms with Crippen molar-refractivity contribution in [2.24, 2.45) is 4.99 Å². The number of aliphatic imine (C=N–C) groups is 1. The van der Waals surface area contributed by atoms with Gasteiger partial charge in [-0.3, -0.25) is 14.6 Å². The molecule has 2 amide bonds. The van der Waals surface area contributed by atoms with E-state index in [1.54, 1.807) is 12.6 Å². The second-order valence-electron chi connectivity index (χ2n) is 6.69. The summed E-state index contributed by atoms with van der Waals surface area (Å²) in [6.45, 7) is 4.27. The number of nitrogens with zero attached hydrogens (tertiary/aromatic N) is 3. The highest BCUT2D eigenvalue weighted by Gasteiger charge is 2.21. The number of thiazole rings is 1. The molecule has 0 radical (unpaired) electrons. The number of aryl methyl sites for hydroxylation is 1. The lowest BCUT2D eigenvalue weighted by Crippen LogP contribution is -2.41. The minimum Gasteiger partial charge on any atom is -0.355 e. The Hall–Kier alpha value is -2.94. The molecule has 2 aromatic rings. The minimum atomic E-state index is -0.105. The average molecular weight is 415 g/mol. The van der Waals surface area contributed by atoms with Gasteiger partial charge in [-0.15, -0.1) is 11.3 Å². The van der Waals surface area contributed by atoms with Gasteiger partial charge in [0.15, 0.2) is 5.96 Å². The van der Waals surface area contributed by atoms with Gasteiger partial charge in [0.2, 0.25) is 5.91 Å². The first-order valence-corrected chi connectivity index (χ1v) is 10.5. The molecule has 0 bridgehead atoms. The van der Waals surface area contributed by atoms with Gasteiger partial charge in [-0.2, -0.15) is 0 Å². The lowest BCUT2D eigenvalue weighted by molar-refractivity contribution is -0.117. The Morgan fingerprint density at radius 2 is 1.97 bits per heavy atom. The van der Waals surface area contributed by atoms with E-state index in [1.165, 1.54) is 11.3 Å². The number of hydrogen-bond acceptors (Lipinski definition) is 5. The molecule has 1 aliphatic heterocycles. The molecule has 1 saturated heterocycles. The van der Waals surface area contributed by atoms with Crippen molar-refractivity contribution in [3.63, 3.8) is 0 Å². The standard InChI is InChI=1S/C20H26N6O2S/c1-14-18(29-13-25-14)19(28)22-9-10-23-20(21-2)24-12-15-5-7-16(8-6-15)26-11-3-4-17(26)27/h5-8,13H,3-4,9-12H2,1-2H3,(H,22,28)(H2,21,23,24). The fraction of sp³-hybridized carbons (Fsp3) is 0.400. The highest BCUT2D eigenvalue weighted by Crippen LogP contribution is 2.21. The molecule has 1 aliphatic rings. The van der Waals surface area contributed by atoms with Crippen molar-refractivity contribution < 1.29 is 9.59 Å². The quantitative estimate of drug-likeness (QED) is 0.364. The van der Waals surface area contributed by atoms with E-state index < -0.39 is 0 Å². The molecular weight excluding hydrogens is 388 g/mol. The molecule has 3 N–H and O–H groups in total. The van der Waals surface area contributed by atoms with Crippen molar-refractivity contribution >= 4 is 34.8 Å². The summed E-state index contributed by atoms with van der Waals surface area (Å²) in [4.78, 5) is 34.6. The Morgan fingerprint density at radius 3 is 2.59 bits per heavy atom. The van der Waals surface area contributed by atoms with Crippen LogP contribution in [0.15, 0.2) is 34.8 Å². The van der Waals surface area contributed by atoms with Crippen LogP contribution in [0.3, 0.4) is 0 Å². The predicted octanol–water partition coefficient (Wildman–Crippen LogP) is 1.67. The highest BCUT2D eigenvalue weighted by atomic mass is 32.1. The van der Waals surface area contributed by atoms with Gasteiger partial charge in [-0.1, -0.05) is 12.1 Å². The van der Waals surface area contributed by atoms with Gasteiger partial charge in [0, 0.05) is 45.3 Å². The average Bonchev–Trinajstić information content (AvgIpc) is 3.35. The summed E-state index contributed by atoms with van der Waals surface area (Å²) in [5.74, 6) is 0.747. The number of carbonyl (C=O) groups is 2. The lowest BCUT2D eigenvalue weighted by Gasteiger charge is -2.16. The molecule has 0 aliphatic carbocycles. The van der Waals surface area contributed by atoms with Crippen molar-refractivity contribution in [3.05, 3.63) is 45.9 Å². The number of guanidine groups is 1. The zero-order valence-corrected chi connectivity index (χ0v) is 17.5. The molecule has 0 saturated carbocycles. The van der Waals surface area contributed by atoms with E-state index in [0.717, 1.165) is 29.9 Å². The molecule has 0 spiro atoms. The van der Waals surface area contributed by atoms with Gasteiger partial charge in [0.25, 0.3) is 5.91 Å². The minimum absolute atomic E-state index is 0.105. The Kier molecular flexibility index (Phi) is 7.18. The summed E-state index contributed by atoms with van der Waals surface area (Å²) in [5, 5.41) is 9.29. The summed E-state index contributed by atoms with van der Waals surface area (Å²) >= 11 is 1.34. The lowest BCUT2D eigenvalue weighted by atomic mass is 10.2. The molecule has 0 unspecified atom stereocenters. The fourth-order valence-corrected chi connectivity index (χ4v) is 3.80. The number of anilines is 1. The maximum absolute atomic E-state index is 12.1. The normalized spacial score (nSPS) is 14.2. The van der Waals surface area contributed by atoms with Crippen molar-refractivity contribution in [3.8, 4) is 0 Å². The first-order valence-electron chi connectivity index (χ1n) is 9.60. The molecule has 1 aromatic heterocycles. The smallest absolute Gasteiger partial charge is 0.263 e. The fourth-order valence-electron chi connectivity index (χ4n) is 3.08. The summed E-state index contributed by atoms with van der Waals surface area (Å²) in [6.07, 6.45) is 1.56. The molecule has 8 nitrogen and oxygen atoms in total. The number of carbonyl (C=O) groups excluding carboxylic acids is 2. The predicted molar refractivity (Wildman–Crippen MR) is 115 cm³/mol. The summed E-state index contributed by atoms with van der Waals surface area (Å²) in [7, 11) is 1.71. The Bertz CT molecular complexity index is 877. The molecule has 154 valence electrons. The Balaban J connectivity index is 1.39. The molecule has 9 heteroatoms. The number of rotatable bonds is 7. The second-order valence-corrected chi connectivity index (χ2v) is 7.55. The third kappa shape index (κ3) is 5.54. The Labute approximate surface area is 174 Å². The van der Waals surface area contributed by atoms with E-state index in [0.29, 0.717) is 36.9 Å². The molecule has 0 atom stereocenters. The van der Waals surface area contributed by atoms with Crippen molar-refractivity contribution in [2.45, 2.75) is 26.3 Å². The zero-order valence-electron chi connectivity index (χ0n) is 16.7. The largest absolute Gasteiger partial charge is 0.355 e. The van der Waals surface area contributed by atoms with Gasteiger partial charge in [0.1, 0.15) is 4.88 Å². The van der Waals surface area contributed by atoms with Gasteiger partial charge < -0.3 is 20.9 Å². The number of nitrogens with one attached hydrogen (secondary N) is 3. The molecule has 3 rings (SSSR count). The van der Waals surface area contributed by atoms with E-state index in [2.05, 4.69) is 25.9 Å². The van der Waals surface area contributed by atoms with E-state index in [9.17, 15) is 9.59 Å². The van der Waals surface area contributed by atoms with Crippen LogP contribution in [0.2, 0.25) is 0 Å². The monoisotopic (exact) mass is 414 g/mol. The topological polar surface area (TPSA) is 98.7 Å². The van der Waals surface area contributed by atoms with Gasteiger partial charge in [-0.25, -0.2) is 4.98 Å². The summed E-state index contributed by atoms with van der Waals surface area (Å²) < 4.78 is 0. The first-order chi connectivity index (χ1) is 14.1. The van der Waals surface area contributed by atoms with E-state index >= 15 is 0 Å². The molecule has 1 fully saturated rings. The van der Waals surface area contributed by atoms with Gasteiger partial charge >= 0.3 is 0 Å². The zero-order chi connectivity index (χ0) is 20.6. The number of benzene rings is 1. The number of amides is 2. The second kappa shape index (κ2) is 10.0. The molecule has 1 aromatic carbocycles. The van der Waals surface area contributed by atoms with Gasteiger partial charge in [-0.05, 0) is 31.0 Å². The maximum atomic E-state index is 12.1. The van der Waals surface area contributed by atoms with Crippen LogP contribution < -0.4 is 20.9 Å². The van der Waals surface area contributed by atoms with Crippen LogP contribution in [0, 0.1) is 6.92 Å². The Morgan fingerprint density at radius 1 is 1.21 bits per heavy atom. The van der Waals surface area contributed by atoms with Crippen LogP contribution in [0.1, 0.15) is 33.8 Å². The van der Waals surface area contributed by atoms with Crippen LogP contribution in [-0.4, -0.2) is 49.4 Å². The van der Waals surface area contributed by atoms with E-state index in [-0.39, 0.29) is 11.8 Å². The van der Waals surface area contributed by atoms with Crippen LogP contribution in [0.4, 0.5) is 5.69 Å². The van der Waals surface area contributed by atoms with E-state index in [1.807, 2.05) is 36.1 Å². The van der Waals surface area contributed by atoms with Crippen LogP contribution in [0.5, 0.6) is 0 Å². The number of aromatic nitrogens is 1.